The Hall–Kier alpha value is -2.67. The number of carbonyl (C=O) groups is 3. The molecule has 1 N–H and O–H groups in total. The molecule has 27 heavy (non-hydrogen) atoms. The maximum Gasteiger partial charge on any atom is 0.261 e. The number of halogens is 1. The van der Waals surface area contributed by atoms with E-state index in [1.165, 1.54) is 12.1 Å². The second-order valence-electron chi connectivity index (χ2n) is 6.06. The Labute approximate surface area is 160 Å². The molecule has 0 atom stereocenters. The van der Waals surface area contributed by atoms with Crippen LogP contribution < -0.4 is 5.32 Å². The van der Waals surface area contributed by atoms with Gasteiger partial charge < -0.3 is 5.32 Å². The fourth-order valence-electron chi connectivity index (χ4n) is 2.76. The van der Waals surface area contributed by atoms with Gasteiger partial charge in [-0.2, -0.15) is 0 Å². The lowest BCUT2D eigenvalue weighted by molar-refractivity contribution is -0.121. The average Bonchev–Trinajstić information content (AvgIpc) is 2.92. The highest BCUT2D eigenvalue weighted by Gasteiger charge is 2.34. The van der Waals surface area contributed by atoms with Crippen LogP contribution in [-0.4, -0.2) is 41.5 Å². The SMILES string of the molecule is O=C(CCN1C(=O)c2ccccc2C1=O)NCCCSc1ccc(F)cc1. The normalized spacial score (nSPS) is 13.0. The summed E-state index contributed by atoms with van der Waals surface area (Å²) in [6, 6.07) is 12.9. The van der Waals surface area contributed by atoms with Crippen molar-refractivity contribution in [3.05, 3.63) is 65.5 Å². The van der Waals surface area contributed by atoms with Crippen molar-refractivity contribution in [1.82, 2.24) is 10.2 Å². The van der Waals surface area contributed by atoms with Gasteiger partial charge in [-0.1, -0.05) is 12.1 Å². The molecule has 0 aliphatic carbocycles. The Balaban J connectivity index is 1.35. The molecule has 140 valence electrons. The number of amides is 3. The van der Waals surface area contributed by atoms with Crippen molar-refractivity contribution in [2.45, 2.75) is 17.7 Å². The lowest BCUT2D eigenvalue weighted by atomic mass is 10.1. The van der Waals surface area contributed by atoms with E-state index in [0.717, 1.165) is 22.0 Å². The van der Waals surface area contributed by atoms with Gasteiger partial charge in [-0.25, -0.2) is 4.39 Å². The van der Waals surface area contributed by atoms with Gasteiger partial charge in [0.1, 0.15) is 5.82 Å². The second-order valence-corrected chi connectivity index (χ2v) is 7.23. The van der Waals surface area contributed by atoms with E-state index >= 15 is 0 Å². The first kappa shape index (κ1) is 19.1. The van der Waals surface area contributed by atoms with E-state index < -0.39 is 0 Å². The van der Waals surface area contributed by atoms with Gasteiger partial charge in [-0.15, -0.1) is 11.8 Å². The second kappa shape index (κ2) is 8.81. The highest BCUT2D eigenvalue weighted by atomic mass is 32.2. The molecule has 7 heteroatoms. The van der Waals surface area contributed by atoms with E-state index in [1.54, 1.807) is 48.2 Å². The van der Waals surface area contributed by atoms with Crippen molar-refractivity contribution >= 4 is 29.5 Å². The highest BCUT2D eigenvalue weighted by Crippen LogP contribution is 2.22. The zero-order valence-electron chi connectivity index (χ0n) is 14.6. The predicted octanol–water partition coefficient (Wildman–Crippen LogP) is 3.11. The lowest BCUT2D eigenvalue weighted by Crippen LogP contribution is -2.34. The molecule has 0 saturated carbocycles. The van der Waals surface area contributed by atoms with Crippen LogP contribution in [0.3, 0.4) is 0 Å². The number of hydrogen-bond donors (Lipinski definition) is 1. The van der Waals surface area contributed by atoms with E-state index in [0.29, 0.717) is 17.7 Å². The van der Waals surface area contributed by atoms with Gasteiger partial charge in [-0.05, 0) is 48.6 Å². The summed E-state index contributed by atoms with van der Waals surface area (Å²) in [5, 5.41) is 2.79. The summed E-state index contributed by atoms with van der Waals surface area (Å²) in [5.41, 5.74) is 0.779. The highest BCUT2D eigenvalue weighted by molar-refractivity contribution is 7.99. The molecule has 0 aromatic heterocycles. The third kappa shape index (κ3) is 4.74. The van der Waals surface area contributed by atoms with Gasteiger partial charge >= 0.3 is 0 Å². The summed E-state index contributed by atoms with van der Waals surface area (Å²) < 4.78 is 12.8. The predicted molar refractivity (Wildman–Crippen MR) is 101 cm³/mol. The third-order valence-electron chi connectivity index (χ3n) is 4.17. The van der Waals surface area contributed by atoms with Crippen molar-refractivity contribution < 1.29 is 18.8 Å². The molecule has 0 radical (unpaired) electrons. The zero-order valence-corrected chi connectivity index (χ0v) is 15.4. The average molecular weight is 386 g/mol. The van der Waals surface area contributed by atoms with Crippen LogP contribution in [0.2, 0.25) is 0 Å². The number of nitrogens with one attached hydrogen (secondary N) is 1. The van der Waals surface area contributed by atoms with Crippen LogP contribution in [-0.2, 0) is 4.79 Å². The lowest BCUT2D eigenvalue weighted by Gasteiger charge is -2.13. The maximum absolute atomic E-state index is 12.8. The molecule has 3 amide bonds. The standard InChI is InChI=1S/C20H19FN2O3S/c21-14-6-8-15(9-7-14)27-13-3-11-22-18(24)10-12-23-19(25)16-4-1-2-5-17(16)20(23)26/h1-2,4-9H,3,10-13H2,(H,22,24). The van der Waals surface area contributed by atoms with Crippen molar-refractivity contribution in [2.75, 3.05) is 18.8 Å². The Bertz CT molecular complexity index is 820. The van der Waals surface area contributed by atoms with Crippen molar-refractivity contribution in [2.24, 2.45) is 0 Å². The topological polar surface area (TPSA) is 66.5 Å². The molecule has 0 bridgehead atoms. The van der Waals surface area contributed by atoms with Crippen LogP contribution in [0.4, 0.5) is 4.39 Å². The van der Waals surface area contributed by atoms with Gasteiger partial charge in [0.05, 0.1) is 11.1 Å². The monoisotopic (exact) mass is 386 g/mol. The van der Waals surface area contributed by atoms with Crippen LogP contribution >= 0.6 is 11.8 Å². The molecule has 1 heterocycles. The van der Waals surface area contributed by atoms with Crippen molar-refractivity contribution in [3.8, 4) is 0 Å². The summed E-state index contributed by atoms with van der Waals surface area (Å²) in [6.07, 6.45) is 0.845. The molecule has 2 aromatic rings. The number of carbonyl (C=O) groups excluding carboxylic acids is 3. The molecule has 3 rings (SSSR count). The maximum atomic E-state index is 12.8. The first-order chi connectivity index (χ1) is 13.1. The Morgan fingerprint density at radius 3 is 2.26 bits per heavy atom. The first-order valence-electron chi connectivity index (χ1n) is 8.66. The molecule has 5 nitrogen and oxygen atoms in total. The van der Waals surface area contributed by atoms with Crippen molar-refractivity contribution in [1.29, 1.82) is 0 Å². The molecular formula is C20H19FN2O3S. The molecule has 2 aromatic carbocycles. The minimum Gasteiger partial charge on any atom is -0.356 e. The van der Waals surface area contributed by atoms with E-state index in [2.05, 4.69) is 5.32 Å². The van der Waals surface area contributed by atoms with Gasteiger partial charge in [0, 0.05) is 24.4 Å². The minimum absolute atomic E-state index is 0.0719. The molecule has 1 aliphatic heterocycles. The quantitative estimate of drug-likeness (QED) is 0.430. The smallest absolute Gasteiger partial charge is 0.261 e. The summed E-state index contributed by atoms with van der Waals surface area (Å²) in [4.78, 5) is 38.5. The summed E-state index contributed by atoms with van der Waals surface area (Å²) in [7, 11) is 0. The van der Waals surface area contributed by atoms with Crippen LogP contribution in [0.25, 0.3) is 0 Å². The minimum atomic E-state index is -0.348. The van der Waals surface area contributed by atoms with Gasteiger partial charge in [-0.3, -0.25) is 19.3 Å². The third-order valence-corrected chi connectivity index (χ3v) is 5.26. The molecular weight excluding hydrogens is 367 g/mol. The fraction of sp³-hybridized carbons (Fsp3) is 0.250. The number of fused-ring (bicyclic) bond motifs is 1. The number of thioether (sulfide) groups is 1. The van der Waals surface area contributed by atoms with E-state index in [-0.39, 0.29) is 36.5 Å². The van der Waals surface area contributed by atoms with Crippen molar-refractivity contribution in [3.63, 3.8) is 0 Å². The Morgan fingerprint density at radius 1 is 1.00 bits per heavy atom. The Morgan fingerprint density at radius 2 is 1.63 bits per heavy atom. The number of rotatable bonds is 8. The number of nitrogens with zero attached hydrogens (tertiary/aromatic N) is 1. The van der Waals surface area contributed by atoms with Crippen LogP contribution in [0.15, 0.2) is 53.4 Å². The fourth-order valence-corrected chi connectivity index (χ4v) is 3.62. The van der Waals surface area contributed by atoms with Crippen LogP contribution in [0.5, 0.6) is 0 Å². The molecule has 0 fully saturated rings. The van der Waals surface area contributed by atoms with Crippen LogP contribution in [0, 0.1) is 5.82 Å². The number of imide groups is 1. The molecule has 0 saturated heterocycles. The van der Waals surface area contributed by atoms with Crippen LogP contribution in [0.1, 0.15) is 33.6 Å². The summed E-state index contributed by atoms with van der Waals surface area (Å²) in [6.45, 7) is 0.581. The summed E-state index contributed by atoms with van der Waals surface area (Å²) >= 11 is 1.59. The van der Waals surface area contributed by atoms with E-state index in [4.69, 9.17) is 0 Å². The number of hydrogen-bond acceptors (Lipinski definition) is 4. The zero-order chi connectivity index (χ0) is 19.2. The molecule has 0 spiro atoms. The number of benzene rings is 2. The van der Waals surface area contributed by atoms with Gasteiger partial charge in [0.2, 0.25) is 5.91 Å². The van der Waals surface area contributed by atoms with E-state index in [9.17, 15) is 18.8 Å². The largest absolute Gasteiger partial charge is 0.356 e. The van der Waals surface area contributed by atoms with E-state index in [1.807, 2.05) is 0 Å². The van der Waals surface area contributed by atoms with Gasteiger partial charge in [0.15, 0.2) is 0 Å². The first-order valence-corrected chi connectivity index (χ1v) is 9.65. The molecule has 1 aliphatic rings. The Kier molecular flexibility index (Phi) is 6.24. The summed E-state index contributed by atoms with van der Waals surface area (Å²) in [5.74, 6) is -0.356. The molecule has 0 unspecified atom stereocenters. The van der Waals surface area contributed by atoms with Gasteiger partial charge in [0.25, 0.3) is 11.8 Å².